The predicted molar refractivity (Wildman–Crippen MR) is 59.4 cm³/mol. The second kappa shape index (κ2) is 5.07. The van der Waals surface area contributed by atoms with Crippen molar-refractivity contribution in [3.05, 3.63) is 21.9 Å². The maximum absolute atomic E-state index is 11.7. The van der Waals surface area contributed by atoms with E-state index in [1.807, 2.05) is 13.0 Å². The number of carbonyl (C=O) groups excluding carboxylic acids is 1. The lowest BCUT2D eigenvalue weighted by Crippen LogP contribution is -2.09. The van der Waals surface area contributed by atoms with Crippen molar-refractivity contribution >= 4 is 23.1 Å². The molecule has 3 nitrogen and oxygen atoms in total. The van der Waals surface area contributed by atoms with Crippen LogP contribution in [0, 0.1) is 12.8 Å². The van der Waals surface area contributed by atoms with Gasteiger partial charge in [-0.2, -0.15) is 0 Å². The van der Waals surface area contributed by atoms with Crippen molar-refractivity contribution in [3.8, 4) is 0 Å². The topological polar surface area (TPSA) is 54.4 Å². The summed E-state index contributed by atoms with van der Waals surface area (Å²) in [6, 6.07) is 3.70. The fraction of sp³-hybridized carbons (Fsp3) is 0.455. The minimum atomic E-state index is -0.849. The van der Waals surface area contributed by atoms with Gasteiger partial charge in [0.1, 0.15) is 0 Å². The smallest absolute Gasteiger partial charge is 0.303 e. The lowest BCUT2D eigenvalue weighted by atomic mass is 10.0. The van der Waals surface area contributed by atoms with E-state index in [2.05, 4.69) is 0 Å². The van der Waals surface area contributed by atoms with E-state index in [4.69, 9.17) is 5.11 Å². The van der Waals surface area contributed by atoms with Crippen molar-refractivity contribution in [2.24, 2.45) is 5.92 Å². The molecule has 0 saturated carbocycles. The molecule has 0 spiro atoms. The number of aliphatic carboxylic acids is 1. The third kappa shape index (κ3) is 3.83. The van der Waals surface area contributed by atoms with Crippen molar-refractivity contribution in [2.45, 2.75) is 26.7 Å². The zero-order chi connectivity index (χ0) is 11.4. The summed E-state index contributed by atoms with van der Waals surface area (Å²) in [4.78, 5) is 23.9. The fourth-order valence-electron chi connectivity index (χ4n) is 1.37. The molecule has 82 valence electrons. The standard InChI is InChI=1S/C11H14O3S/c1-7(6-11(13)14)5-9(12)10-4-3-8(2)15-10/h3-4,7H,5-6H2,1-2H3,(H,13,14). The Morgan fingerprint density at radius 1 is 1.40 bits per heavy atom. The van der Waals surface area contributed by atoms with Crippen LogP contribution in [0.4, 0.5) is 0 Å². The number of hydrogen-bond donors (Lipinski definition) is 1. The fourth-order valence-corrected chi connectivity index (χ4v) is 2.19. The van der Waals surface area contributed by atoms with E-state index in [9.17, 15) is 9.59 Å². The number of Topliss-reactive ketones (excluding diaryl/α,β-unsaturated/α-hetero) is 1. The van der Waals surface area contributed by atoms with Gasteiger partial charge >= 0.3 is 5.97 Å². The van der Waals surface area contributed by atoms with E-state index in [0.29, 0.717) is 6.42 Å². The highest BCUT2D eigenvalue weighted by molar-refractivity contribution is 7.14. The number of carboxylic acid groups (broad SMARTS) is 1. The maximum atomic E-state index is 11.7. The van der Waals surface area contributed by atoms with E-state index in [1.54, 1.807) is 13.0 Å². The molecule has 0 bridgehead atoms. The molecule has 0 aliphatic carbocycles. The Labute approximate surface area is 92.7 Å². The molecule has 0 fully saturated rings. The summed E-state index contributed by atoms with van der Waals surface area (Å²) in [6.07, 6.45) is 0.363. The predicted octanol–water partition coefficient (Wildman–Crippen LogP) is 2.74. The first-order valence-corrected chi connectivity index (χ1v) is 5.62. The molecule has 1 heterocycles. The van der Waals surface area contributed by atoms with Gasteiger partial charge in [-0.3, -0.25) is 9.59 Å². The number of carboxylic acids is 1. The Bertz CT molecular complexity index is 368. The Balaban J connectivity index is 2.52. The molecule has 1 unspecified atom stereocenters. The molecule has 0 aliphatic heterocycles. The second-order valence-corrected chi connectivity index (χ2v) is 5.03. The number of hydrogen-bond acceptors (Lipinski definition) is 3. The minimum absolute atomic E-state index is 0.0434. The summed E-state index contributed by atoms with van der Waals surface area (Å²) in [5.74, 6) is -0.906. The van der Waals surface area contributed by atoms with Crippen LogP contribution in [0.25, 0.3) is 0 Å². The summed E-state index contributed by atoms with van der Waals surface area (Å²) >= 11 is 1.46. The number of rotatable bonds is 5. The van der Waals surface area contributed by atoms with E-state index in [0.717, 1.165) is 9.75 Å². The first-order chi connectivity index (χ1) is 6.99. The molecule has 0 radical (unpaired) electrons. The van der Waals surface area contributed by atoms with Gasteiger partial charge in [0, 0.05) is 17.7 Å². The second-order valence-electron chi connectivity index (χ2n) is 3.74. The highest BCUT2D eigenvalue weighted by Crippen LogP contribution is 2.19. The molecule has 15 heavy (non-hydrogen) atoms. The van der Waals surface area contributed by atoms with Gasteiger partial charge in [0.25, 0.3) is 0 Å². The van der Waals surface area contributed by atoms with Crippen molar-refractivity contribution < 1.29 is 14.7 Å². The molecule has 0 aliphatic rings. The van der Waals surface area contributed by atoms with Gasteiger partial charge in [-0.1, -0.05) is 6.92 Å². The Morgan fingerprint density at radius 2 is 2.07 bits per heavy atom. The third-order valence-electron chi connectivity index (χ3n) is 2.07. The van der Waals surface area contributed by atoms with Gasteiger partial charge in [-0.15, -0.1) is 11.3 Å². The largest absolute Gasteiger partial charge is 0.481 e. The van der Waals surface area contributed by atoms with Crippen LogP contribution in [0.3, 0.4) is 0 Å². The lowest BCUT2D eigenvalue weighted by Gasteiger charge is -2.05. The van der Waals surface area contributed by atoms with Crippen molar-refractivity contribution in [2.75, 3.05) is 0 Å². The average molecular weight is 226 g/mol. The van der Waals surface area contributed by atoms with Gasteiger partial charge in [0.15, 0.2) is 5.78 Å². The Kier molecular flexibility index (Phi) is 4.03. The molecule has 1 aromatic rings. The Hall–Kier alpha value is -1.16. The molecule has 0 amide bonds. The highest BCUT2D eigenvalue weighted by Gasteiger charge is 2.15. The van der Waals surface area contributed by atoms with Crippen molar-refractivity contribution in [3.63, 3.8) is 0 Å². The van der Waals surface area contributed by atoms with Crippen molar-refractivity contribution in [1.29, 1.82) is 0 Å². The number of aryl methyl sites for hydroxylation is 1. The van der Waals surface area contributed by atoms with Crippen LogP contribution in [-0.4, -0.2) is 16.9 Å². The Morgan fingerprint density at radius 3 is 2.53 bits per heavy atom. The van der Waals surface area contributed by atoms with Gasteiger partial charge in [-0.05, 0) is 25.0 Å². The summed E-state index contributed by atoms with van der Waals surface area (Å²) in [6.45, 7) is 3.73. The molecule has 0 aromatic carbocycles. The molecule has 4 heteroatoms. The van der Waals surface area contributed by atoms with Gasteiger partial charge in [0.2, 0.25) is 0 Å². The molecule has 1 atom stereocenters. The average Bonchev–Trinajstić information content (AvgIpc) is 2.49. The molecule has 1 rings (SSSR count). The zero-order valence-electron chi connectivity index (χ0n) is 8.82. The number of thiophene rings is 1. The first-order valence-electron chi connectivity index (χ1n) is 4.80. The van der Waals surface area contributed by atoms with Crippen LogP contribution in [0.15, 0.2) is 12.1 Å². The SMILES string of the molecule is Cc1ccc(C(=O)CC(C)CC(=O)O)s1. The van der Waals surface area contributed by atoms with Crippen LogP contribution >= 0.6 is 11.3 Å². The number of carbonyl (C=O) groups is 2. The van der Waals surface area contributed by atoms with E-state index >= 15 is 0 Å². The zero-order valence-corrected chi connectivity index (χ0v) is 9.63. The van der Waals surface area contributed by atoms with Crippen LogP contribution < -0.4 is 0 Å². The summed E-state index contributed by atoms with van der Waals surface area (Å²) in [5, 5.41) is 8.56. The van der Waals surface area contributed by atoms with Gasteiger partial charge in [0.05, 0.1) is 4.88 Å². The number of ketones is 1. The van der Waals surface area contributed by atoms with Crippen molar-refractivity contribution in [1.82, 2.24) is 0 Å². The van der Waals surface area contributed by atoms with E-state index < -0.39 is 5.97 Å². The maximum Gasteiger partial charge on any atom is 0.303 e. The molecule has 0 saturated heterocycles. The monoisotopic (exact) mass is 226 g/mol. The van der Waals surface area contributed by atoms with Crippen LogP contribution in [0.2, 0.25) is 0 Å². The van der Waals surface area contributed by atoms with Gasteiger partial charge in [-0.25, -0.2) is 0 Å². The molecule has 1 N–H and O–H groups in total. The molecule has 1 aromatic heterocycles. The minimum Gasteiger partial charge on any atom is -0.481 e. The summed E-state index contributed by atoms with van der Waals surface area (Å²) < 4.78 is 0. The van der Waals surface area contributed by atoms with Crippen LogP contribution in [0.5, 0.6) is 0 Å². The van der Waals surface area contributed by atoms with Crippen LogP contribution in [0.1, 0.15) is 34.3 Å². The molecular weight excluding hydrogens is 212 g/mol. The first kappa shape index (κ1) is 11.9. The highest BCUT2D eigenvalue weighted by atomic mass is 32.1. The summed E-state index contributed by atoms with van der Waals surface area (Å²) in [7, 11) is 0. The normalized spacial score (nSPS) is 12.4. The summed E-state index contributed by atoms with van der Waals surface area (Å²) in [5.41, 5.74) is 0. The quantitative estimate of drug-likeness (QED) is 0.785. The van der Waals surface area contributed by atoms with E-state index in [-0.39, 0.29) is 18.1 Å². The van der Waals surface area contributed by atoms with Crippen LogP contribution in [-0.2, 0) is 4.79 Å². The molecular formula is C11H14O3S. The third-order valence-corrected chi connectivity index (χ3v) is 3.11. The van der Waals surface area contributed by atoms with E-state index in [1.165, 1.54) is 11.3 Å². The van der Waals surface area contributed by atoms with Gasteiger partial charge < -0.3 is 5.11 Å². The lowest BCUT2D eigenvalue weighted by molar-refractivity contribution is -0.137.